The standard InChI is InChI=1S/C32H37N5O7/c1-21-12-22(2)14-24(13-21)30(39)36-27(31(40)41)17-35-29(38)20-43-26-15-25(16-34-28-10-6-7-11-33-28)37(18-26)32(42)44-19-23-8-4-3-5-9-23/h3-14,25-27H,15-20H2,1-2H3,(H,33,34)(H,35,38)(H,36,39)(H,40,41). The van der Waals surface area contributed by atoms with Crippen LogP contribution in [0.25, 0.3) is 0 Å². The van der Waals surface area contributed by atoms with Crippen molar-refractivity contribution in [3.63, 3.8) is 0 Å². The molecule has 3 atom stereocenters. The van der Waals surface area contributed by atoms with E-state index in [1.807, 2.05) is 62.4 Å². The van der Waals surface area contributed by atoms with Crippen LogP contribution in [0, 0.1) is 13.8 Å². The summed E-state index contributed by atoms with van der Waals surface area (Å²) in [6.07, 6.45) is 1.15. The van der Waals surface area contributed by atoms with Crippen molar-refractivity contribution >= 4 is 29.7 Å². The van der Waals surface area contributed by atoms with Crippen LogP contribution in [0.3, 0.4) is 0 Å². The highest BCUT2D eigenvalue weighted by molar-refractivity contribution is 5.97. The van der Waals surface area contributed by atoms with E-state index in [-0.39, 0.29) is 32.3 Å². The summed E-state index contributed by atoms with van der Waals surface area (Å²) in [5.74, 6) is -1.73. The van der Waals surface area contributed by atoms with E-state index in [1.54, 1.807) is 29.3 Å². The van der Waals surface area contributed by atoms with E-state index >= 15 is 0 Å². The number of anilines is 1. The minimum absolute atomic E-state index is 0.120. The molecule has 0 radical (unpaired) electrons. The molecule has 1 aromatic heterocycles. The number of hydrogen-bond acceptors (Lipinski definition) is 8. The summed E-state index contributed by atoms with van der Waals surface area (Å²) in [5, 5.41) is 17.8. The van der Waals surface area contributed by atoms with Crippen molar-refractivity contribution in [1.82, 2.24) is 20.5 Å². The summed E-state index contributed by atoms with van der Waals surface area (Å²) >= 11 is 0. The molecular formula is C32H37N5O7. The molecule has 2 heterocycles. The molecule has 0 spiro atoms. The van der Waals surface area contributed by atoms with Crippen LogP contribution in [0.5, 0.6) is 0 Å². The Morgan fingerprint density at radius 1 is 1.02 bits per heavy atom. The third kappa shape index (κ3) is 9.53. The molecule has 44 heavy (non-hydrogen) atoms. The molecular weight excluding hydrogens is 566 g/mol. The second kappa shape index (κ2) is 15.5. The van der Waals surface area contributed by atoms with Crippen LogP contribution in [0.1, 0.15) is 33.5 Å². The van der Waals surface area contributed by atoms with E-state index in [0.717, 1.165) is 16.7 Å². The van der Waals surface area contributed by atoms with Gasteiger partial charge in [0.2, 0.25) is 5.91 Å². The summed E-state index contributed by atoms with van der Waals surface area (Å²) in [4.78, 5) is 55.8. The summed E-state index contributed by atoms with van der Waals surface area (Å²) in [5.41, 5.74) is 2.94. The number of aromatic nitrogens is 1. The number of amides is 3. The van der Waals surface area contributed by atoms with Gasteiger partial charge in [0.15, 0.2) is 0 Å². The summed E-state index contributed by atoms with van der Waals surface area (Å²) in [6, 6.07) is 18.4. The third-order valence-electron chi connectivity index (χ3n) is 7.04. The maximum Gasteiger partial charge on any atom is 0.410 e. The largest absolute Gasteiger partial charge is 0.480 e. The highest BCUT2D eigenvalue weighted by Gasteiger charge is 2.37. The molecule has 3 aromatic rings. The molecule has 12 heteroatoms. The Labute approximate surface area is 255 Å². The van der Waals surface area contributed by atoms with Crippen LogP contribution in [-0.2, 0) is 25.7 Å². The number of likely N-dealkylation sites (tertiary alicyclic amines) is 1. The van der Waals surface area contributed by atoms with E-state index in [1.165, 1.54) is 0 Å². The van der Waals surface area contributed by atoms with Crippen LogP contribution in [0.4, 0.5) is 10.6 Å². The number of aliphatic carboxylic acids is 1. The molecule has 1 aliphatic heterocycles. The topological polar surface area (TPSA) is 159 Å². The van der Waals surface area contributed by atoms with Crippen molar-refractivity contribution in [3.05, 3.63) is 95.2 Å². The first-order valence-corrected chi connectivity index (χ1v) is 14.3. The number of rotatable bonds is 13. The van der Waals surface area contributed by atoms with Gasteiger partial charge in [-0.3, -0.25) is 9.59 Å². The molecule has 0 aliphatic carbocycles. The van der Waals surface area contributed by atoms with Gasteiger partial charge >= 0.3 is 12.1 Å². The molecule has 0 bridgehead atoms. The number of carboxylic acid groups (broad SMARTS) is 1. The van der Waals surface area contributed by atoms with E-state index in [0.29, 0.717) is 24.3 Å². The summed E-state index contributed by atoms with van der Waals surface area (Å²) in [7, 11) is 0. The van der Waals surface area contributed by atoms with Crippen molar-refractivity contribution in [2.75, 3.05) is 31.6 Å². The monoisotopic (exact) mass is 603 g/mol. The Balaban J connectivity index is 1.29. The minimum atomic E-state index is -1.34. The Kier molecular flexibility index (Phi) is 11.2. The normalized spacial score (nSPS) is 16.5. The molecule has 3 unspecified atom stereocenters. The molecule has 2 aromatic carbocycles. The van der Waals surface area contributed by atoms with Gasteiger partial charge < -0.3 is 35.4 Å². The predicted octanol–water partition coefficient (Wildman–Crippen LogP) is 2.91. The lowest BCUT2D eigenvalue weighted by molar-refractivity contribution is -0.139. The van der Waals surface area contributed by atoms with Crippen molar-refractivity contribution in [2.24, 2.45) is 0 Å². The number of nitrogens with zero attached hydrogens (tertiary/aromatic N) is 2. The zero-order valence-electron chi connectivity index (χ0n) is 24.7. The maximum atomic E-state index is 13.0. The van der Waals surface area contributed by atoms with Crippen LogP contribution in [0.2, 0.25) is 0 Å². The fraction of sp³-hybridized carbons (Fsp3) is 0.344. The first-order chi connectivity index (χ1) is 21.2. The number of carbonyl (C=O) groups excluding carboxylic acids is 3. The average Bonchev–Trinajstić information content (AvgIpc) is 3.43. The molecule has 4 rings (SSSR count). The van der Waals surface area contributed by atoms with Gasteiger partial charge in [0.25, 0.3) is 5.91 Å². The van der Waals surface area contributed by atoms with Gasteiger partial charge in [-0.05, 0) is 50.1 Å². The average molecular weight is 604 g/mol. The number of hydrogen-bond donors (Lipinski definition) is 4. The van der Waals surface area contributed by atoms with E-state index in [9.17, 15) is 24.3 Å². The lowest BCUT2D eigenvalue weighted by Crippen LogP contribution is -2.49. The number of carbonyl (C=O) groups is 4. The fourth-order valence-corrected chi connectivity index (χ4v) is 4.91. The lowest BCUT2D eigenvalue weighted by Gasteiger charge is -2.24. The van der Waals surface area contributed by atoms with Gasteiger partial charge in [-0.15, -0.1) is 0 Å². The summed E-state index contributed by atoms with van der Waals surface area (Å²) < 4.78 is 11.4. The van der Waals surface area contributed by atoms with Crippen LogP contribution in [0.15, 0.2) is 72.9 Å². The number of nitrogens with one attached hydrogen (secondary N) is 3. The van der Waals surface area contributed by atoms with Crippen molar-refractivity contribution in [3.8, 4) is 0 Å². The van der Waals surface area contributed by atoms with Gasteiger partial charge in [-0.25, -0.2) is 14.6 Å². The number of carboxylic acids is 1. The zero-order valence-corrected chi connectivity index (χ0v) is 24.7. The Morgan fingerprint density at radius 2 is 1.75 bits per heavy atom. The van der Waals surface area contributed by atoms with Crippen molar-refractivity contribution in [2.45, 2.75) is 45.1 Å². The highest BCUT2D eigenvalue weighted by Crippen LogP contribution is 2.22. The van der Waals surface area contributed by atoms with Crippen molar-refractivity contribution < 1.29 is 33.8 Å². The zero-order chi connectivity index (χ0) is 31.5. The number of pyridine rings is 1. The lowest BCUT2D eigenvalue weighted by atomic mass is 10.1. The van der Waals surface area contributed by atoms with Gasteiger partial charge in [-0.2, -0.15) is 0 Å². The SMILES string of the molecule is Cc1cc(C)cc(C(=O)NC(CNC(=O)COC2CC(CNc3ccccn3)N(C(=O)OCc3ccccc3)C2)C(=O)O)c1. The molecule has 232 valence electrons. The van der Waals surface area contributed by atoms with Gasteiger partial charge in [0.1, 0.15) is 25.1 Å². The van der Waals surface area contributed by atoms with E-state index < -0.39 is 36.0 Å². The molecule has 1 aliphatic rings. The van der Waals surface area contributed by atoms with Gasteiger partial charge in [0.05, 0.1) is 18.7 Å². The molecule has 4 N–H and O–H groups in total. The Bertz CT molecular complexity index is 1420. The molecule has 3 amide bonds. The first kappa shape index (κ1) is 32.0. The minimum Gasteiger partial charge on any atom is -0.480 e. The van der Waals surface area contributed by atoms with Gasteiger partial charge in [-0.1, -0.05) is 53.6 Å². The van der Waals surface area contributed by atoms with E-state index in [2.05, 4.69) is 20.9 Å². The first-order valence-electron chi connectivity index (χ1n) is 14.3. The Morgan fingerprint density at radius 3 is 2.43 bits per heavy atom. The number of aryl methyl sites for hydroxylation is 2. The van der Waals surface area contributed by atoms with Gasteiger partial charge in [0, 0.05) is 24.8 Å². The van der Waals surface area contributed by atoms with E-state index in [4.69, 9.17) is 9.47 Å². The fourth-order valence-electron chi connectivity index (χ4n) is 4.91. The molecule has 12 nitrogen and oxygen atoms in total. The number of benzene rings is 2. The maximum absolute atomic E-state index is 13.0. The van der Waals surface area contributed by atoms with Crippen LogP contribution < -0.4 is 16.0 Å². The smallest absolute Gasteiger partial charge is 0.410 e. The predicted molar refractivity (Wildman–Crippen MR) is 162 cm³/mol. The van der Waals surface area contributed by atoms with Crippen molar-refractivity contribution in [1.29, 1.82) is 0 Å². The quantitative estimate of drug-likeness (QED) is 0.230. The molecule has 1 fully saturated rings. The summed E-state index contributed by atoms with van der Waals surface area (Å²) in [6.45, 7) is 3.73. The second-order valence-electron chi connectivity index (χ2n) is 10.7. The molecule has 0 saturated carbocycles. The number of ether oxygens (including phenoxy) is 2. The van der Waals surface area contributed by atoms with Crippen LogP contribution in [-0.4, -0.2) is 83.3 Å². The Hall–Kier alpha value is -4.97. The van der Waals surface area contributed by atoms with Crippen LogP contribution >= 0.6 is 0 Å². The molecule has 1 saturated heterocycles. The third-order valence-corrected chi connectivity index (χ3v) is 7.04. The highest BCUT2D eigenvalue weighted by atomic mass is 16.6. The second-order valence-corrected chi connectivity index (χ2v) is 10.7.